The number of H-pyrrole nitrogens is 1. The third kappa shape index (κ3) is 2.78. The van der Waals surface area contributed by atoms with Crippen LogP contribution in [0.5, 0.6) is 0 Å². The number of fused-ring (bicyclic) bond motifs is 1. The van der Waals surface area contributed by atoms with E-state index < -0.39 is 5.91 Å². The van der Waals surface area contributed by atoms with Crippen LogP contribution in [0.4, 0.5) is 0 Å². The Hall–Kier alpha value is -1.88. The van der Waals surface area contributed by atoms with Crippen LogP contribution < -0.4 is 11.1 Å². The van der Waals surface area contributed by atoms with E-state index in [0.717, 1.165) is 36.2 Å². The van der Waals surface area contributed by atoms with E-state index in [1.165, 1.54) is 12.8 Å². The van der Waals surface area contributed by atoms with Crippen LogP contribution in [-0.2, 0) is 0 Å². The third-order valence-electron chi connectivity index (χ3n) is 4.41. The number of benzene rings is 1. The molecule has 0 aliphatic heterocycles. The largest absolute Gasteiger partial charge is 0.366 e. The van der Waals surface area contributed by atoms with Crippen LogP contribution in [-0.4, -0.2) is 28.5 Å². The smallest absolute Gasteiger partial charge is 0.250 e. The number of aromatic amines is 1. The summed E-state index contributed by atoms with van der Waals surface area (Å²) < 4.78 is 0. The van der Waals surface area contributed by atoms with Crippen molar-refractivity contribution in [3.63, 3.8) is 0 Å². The molecular formula is C16H22N4O. The number of amides is 1. The zero-order chi connectivity index (χ0) is 14.8. The van der Waals surface area contributed by atoms with Crippen LogP contribution in [0.2, 0.25) is 0 Å². The molecule has 3 rings (SSSR count). The van der Waals surface area contributed by atoms with Gasteiger partial charge in [-0.25, -0.2) is 4.98 Å². The lowest BCUT2D eigenvalue weighted by molar-refractivity contribution is 0.100. The highest BCUT2D eigenvalue weighted by Gasteiger charge is 2.24. The molecule has 1 aromatic carbocycles. The fourth-order valence-electron chi connectivity index (χ4n) is 3.31. The Labute approximate surface area is 124 Å². The lowest BCUT2D eigenvalue weighted by Gasteiger charge is -2.27. The highest BCUT2D eigenvalue weighted by molar-refractivity contribution is 6.04. The first-order valence-electron chi connectivity index (χ1n) is 7.71. The predicted molar refractivity (Wildman–Crippen MR) is 83.3 cm³/mol. The predicted octanol–water partition coefficient (Wildman–Crippen LogP) is 2.30. The number of hydrogen-bond donors (Lipinski definition) is 3. The van der Waals surface area contributed by atoms with Crippen molar-refractivity contribution in [2.24, 2.45) is 5.73 Å². The number of primary amides is 1. The minimum Gasteiger partial charge on any atom is -0.366 e. The molecule has 1 aromatic heterocycles. The monoisotopic (exact) mass is 286 g/mol. The van der Waals surface area contributed by atoms with E-state index in [2.05, 4.69) is 22.2 Å². The van der Waals surface area contributed by atoms with Gasteiger partial charge in [0.15, 0.2) is 0 Å². The van der Waals surface area contributed by atoms with Crippen molar-refractivity contribution in [1.29, 1.82) is 0 Å². The molecule has 1 saturated carbocycles. The summed E-state index contributed by atoms with van der Waals surface area (Å²) >= 11 is 0. The Morgan fingerprint density at radius 1 is 1.38 bits per heavy atom. The Morgan fingerprint density at radius 2 is 2.14 bits per heavy atom. The fraction of sp³-hybridized carbons (Fsp3) is 0.500. The van der Waals surface area contributed by atoms with Gasteiger partial charge in [0.1, 0.15) is 5.82 Å². The number of nitrogens with two attached hydrogens (primary N) is 1. The van der Waals surface area contributed by atoms with Crippen molar-refractivity contribution < 1.29 is 4.79 Å². The van der Waals surface area contributed by atoms with Gasteiger partial charge in [-0.3, -0.25) is 4.79 Å². The molecule has 0 saturated heterocycles. The van der Waals surface area contributed by atoms with Crippen molar-refractivity contribution >= 4 is 16.9 Å². The zero-order valence-corrected chi connectivity index (χ0v) is 12.4. The Morgan fingerprint density at radius 3 is 2.81 bits per heavy atom. The van der Waals surface area contributed by atoms with Gasteiger partial charge in [0, 0.05) is 12.0 Å². The first-order chi connectivity index (χ1) is 10.2. The maximum absolute atomic E-state index is 11.5. The Kier molecular flexibility index (Phi) is 3.92. The molecule has 1 aliphatic carbocycles. The van der Waals surface area contributed by atoms with Crippen LogP contribution in [0.25, 0.3) is 11.0 Å². The molecule has 1 fully saturated rings. The number of carbonyl (C=O) groups is 1. The molecule has 0 unspecified atom stereocenters. The molecule has 5 nitrogen and oxygen atoms in total. The van der Waals surface area contributed by atoms with E-state index in [-0.39, 0.29) is 0 Å². The second-order valence-corrected chi connectivity index (χ2v) is 5.79. The van der Waals surface area contributed by atoms with E-state index in [1.54, 1.807) is 6.07 Å². The molecule has 21 heavy (non-hydrogen) atoms. The topological polar surface area (TPSA) is 83.8 Å². The van der Waals surface area contributed by atoms with Gasteiger partial charge in [-0.15, -0.1) is 0 Å². The first-order valence-corrected chi connectivity index (χ1v) is 7.71. The number of para-hydroxylation sites is 1. The quantitative estimate of drug-likeness (QED) is 0.806. The van der Waals surface area contributed by atoms with Gasteiger partial charge >= 0.3 is 0 Å². The molecule has 112 valence electrons. The molecule has 4 N–H and O–H groups in total. The van der Waals surface area contributed by atoms with E-state index in [1.807, 2.05) is 12.1 Å². The second kappa shape index (κ2) is 5.85. The second-order valence-electron chi connectivity index (χ2n) is 5.79. The Bertz CT molecular complexity index is 641. The fourth-order valence-corrected chi connectivity index (χ4v) is 3.31. The standard InChI is InChI=1S/C16H22N4O/c1-2-18-11-8-6-10(7-9-11)16-19-13-5-3-4-12(15(17)21)14(13)20-16/h3-5,10-11,18H,2,6-9H2,1H3,(H2,17,21)(H,19,20)/t10-,11-. The van der Waals surface area contributed by atoms with Gasteiger partial charge in [0.05, 0.1) is 16.6 Å². The maximum Gasteiger partial charge on any atom is 0.250 e. The van der Waals surface area contributed by atoms with Gasteiger partial charge in [-0.1, -0.05) is 13.0 Å². The molecule has 1 amide bonds. The van der Waals surface area contributed by atoms with Crippen LogP contribution in [0.3, 0.4) is 0 Å². The molecule has 0 radical (unpaired) electrons. The number of hydrogen-bond acceptors (Lipinski definition) is 3. The third-order valence-corrected chi connectivity index (χ3v) is 4.41. The molecule has 0 atom stereocenters. The average molecular weight is 286 g/mol. The first kappa shape index (κ1) is 14.1. The number of rotatable bonds is 4. The highest BCUT2D eigenvalue weighted by atomic mass is 16.1. The summed E-state index contributed by atoms with van der Waals surface area (Å²) in [4.78, 5) is 19.5. The van der Waals surface area contributed by atoms with Crippen molar-refractivity contribution in [2.45, 2.75) is 44.6 Å². The molecule has 5 heteroatoms. The lowest BCUT2D eigenvalue weighted by Crippen LogP contribution is -2.32. The molecular weight excluding hydrogens is 264 g/mol. The number of nitrogens with zero attached hydrogens (tertiary/aromatic N) is 1. The van der Waals surface area contributed by atoms with Crippen molar-refractivity contribution in [1.82, 2.24) is 15.3 Å². The number of carbonyl (C=O) groups excluding carboxylic acids is 1. The van der Waals surface area contributed by atoms with Crippen LogP contribution in [0.15, 0.2) is 18.2 Å². The van der Waals surface area contributed by atoms with Gasteiger partial charge < -0.3 is 16.0 Å². The number of imidazole rings is 1. The van der Waals surface area contributed by atoms with Crippen LogP contribution in [0, 0.1) is 0 Å². The Balaban J connectivity index is 1.82. The van der Waals surface area contributed by atoms with Crippen LogP contribution >= 0.6 is 0 Å². The molecule has 0 spiro atoms. The highest BCUT2D eigenvalue weighted by Crippen LogP contribution is 2.32. The molecule has 1 aliphatic rings. The number of nitrogens with one attached hydrogen (secondary N) is 2. The summed E-state index contributed by atoms with van der Waals surface area (Å²) in [6.07, 6.45) is 4.61. The summed E-state index contributed by atoms with van der Waals surface area (Å²) in [6, 6.07) is 6.13. The van der Waals surface area contributed by atoms with Gasteiger partial charge in [-0.2, -0.15) is 0 Å². The average Bonchev–Trinajstić information content (AvgIpc) is 2.92. The maximum atomic E-state index is 11.5. The number of aromatic nitrogens is 2. The summed E-state index contributed by atoms with van der Waals surface area (Å²) in [5, 5.41) is 3.52. The van der Waals surface area contributed by atoms with E-state index >= 15 is 0 Å². The lowest BCUT2D eigenvalue weighted by atomic mass is 9.85. The summed E-state index contributed by atoms with van der Waals surface area (Å²) in [5.41, 5.74) is 7.55. The van der Waals surface area contributed by atoms with Crippen molar-refractivity contribution in [2.75, 3.05) is 6.54 Å². The van der Waals surface area contributed by atoms with Gasteiger partial charge in [0.2, 0.25) is 0 Å². The van der Waals surface area contributed by atoms with Gasteiger partial charge in [0.25, 0.3) is 5.91 Å². The molecule has 2 aromatic rings. The van der Waals surface area contributed by atoms with E-state index in [9.17, 15) is 4.79 Å². The SMILES string of the molecule is CCN[C@H]1CC[C@H](c2nc3cccc(C(N)=O)c3[nH]2)CC1. The van der Waals surface area contributed by atoms with Crippen LogP contribution in [0.1, 0.15) is 54.7 Å². The zero-order valence-electron chi connectivity index (χ0n) is 12.4. The van der Waals surface area contributed by atoms with E-state index in [4.69, 9.17) is 5.73 Å². The summed E-state index contributed by atoms with van der Waals surface area (Å²) in [7, 11) is 0. The molecule has 0 bridgehead atoms. The van der Waals surface area contributed by atoms with Gasteiger partial charge in [-0.05, 0) is 44.4 Å². The van der Waals surface area contributed by atoms with E-state index in [0.29, 0.717) is 17.5 Å². The van der Waals surface area contributed by atoms with Crippen molar-refractivity contribution in [3.05, 3.63) is 29.6 Å². The molecule has 1 heterocycles. The normalized spacial score (nSPS) is 22.5. The summed E-state index contributed by atoms with van der Waals surface area (Å²) in [6.45, 7) is 3.18. The summed E-state index contributed by atoms with van der Waals surface area (Å²) in [5.74, 6) is 1.04. The minimum absolute atomic E-state index is 0.411. The van der Waals surface area contributed by atoms with Crippen molar-refractivity contribution in [3.8, 4) is 0 Å². The minimum atomic E-state index is -0.411.